The summed E-state index contributed by atoms with van der Waals surface area (Å²) in [6.07, 6.45) is -0.0260. The molecule has 1 aromatic carbocycles. The Morgan fingerprint density at radius 3 is 2.72 bits per heavy atom. The molecule has 18 heavy (non-hydrogen) atoms. The summed E-state index contributed by atoms with van der Waals surface area (Å²) < 4.78 is 0. The fourth-order valence-electron chi connectivity index (χ4n) is 1.42. The highest BCUT2D eigenvalue weighted by atomic mass is 35.5. The van der Waals surface area contributed by atoms with Gasteiger partial charge in [-0.1, -0.05) is 18.5 Å². The Hall–Kier alpha value is -1.75. The molecule has 0 bridgehead atoms. The SMILES string of the molecule is CC(CNC(=O)c1cc(Cl)ccc1O)CC(=O)O. The fourth-order valence-corrected chi connectivity index (χ4v) is 1.59. The number of amides is 1. The van der Waals surface area contributed by atoms with Crippen molar-refractivity contribution >= 4 is 23.5 Å². The Labute approximate surface area is 109 Å². The lowest BCUT2D eigenvalue weighted by molar-refractivity contribution is -0.137. The molecule has 1 rings (SSSR count). The van der Waals surface area contributed by atoms with Gasteiger partial charge in [-0.15, -0.1) is 0 Å². The molecule has 6 heteroatoms. The quantitative estimate of drug-likeness (QED) is 0.763. The van der Waals surface area contributed by atoms with Crippen molar-refractivity contribution in [1.82, 2.24) is 5.32 Å². The van der Waals surface area contributed by atoms with Crippen molar-refractivity contribution in [1.29, 1.82) is 0 Å². The zero-order valence-electron chi connectivity index (χ0n) is 9.81. The van der Waals surface area contributed by atoms with Crippen LogP contribution in [0.15, 0.2) is 18.2 Å². The highest BCUT2D eigenvalue weighted by molar-refractivity contribution is 6.31. The first-order chi connectivity index (χ1) is 8.40. The van der Waals surface area contributed by atoms with Crippen molar-refractivity contribution in [3.05, 3.63) is 28.8 Å². The van der Waals surface area contributed by atoms with Gasteiger partial charge >= 0.3 is 5.97 Å². The molecular weight excluding hydrogens is 258 g/mol. The van der Waals surface area contributed by atoms with Gasteiger partial charge in [0.05, 0.1) is 5.56 Å². The van der Waals surface area contributed by atoms with Crippen LogP contribution in [-0.2, 0) is 4.79 Å². The van der Waals surface area contributed by atoms with Gasteiger partial charge in [-0.2, -0.15) is 0 Å². The van der Waals surface area contributed by atoms with E-state index in [4.69, 9.17) is 16.7 Å². The summed E-state index contributed by atoms with van der Waals surface area (Å²) in [7, 11) is 0. The Morgan fingerprint density at radius 2 is 2.11 bits per heavy atom. The zero-order chi connectivity index (χ0) is 13.7. The molecule has 0 saturated carbocycles. The second kappa shape index (κ2) is 6.26. The lowest BCUT2D eigenvalue weighted by atomic mass is 10.1. The van der Waals surface area contributed by atoms with Crippen molar-refractivity contribution in [2.24, 2.45) is 5.92 Å². The maximum atomic E-state index is 11.7. The third-order valence-electron chi connectivity index (χ3n) is 2.34. The van der Waals surface area contributed by atoms with Crippen LogP contribution in [0.1, 0.15) is 23.7 Å². The number of carbonyl (C=O) groups excluding carboxylic acids is 1. The minimum atomic E-state index is -0.914. The van der Waals surface area contributed by atoms with Crippen LogP contribution in [0.2, 0.25) is 5.02 Å². The lowest BCUT2D eigenvalue weighted by Gasteiger charge is -2.11. The monoisotopic (exact) mass is 271 g/mol. The standard InChI is InChI=1S/C12H14ClNO4/c1-7(4-11(16)17)6-14-12(18)9-5-8(13)2-3-10(9)15/h2-3,5,7,15H,4,6H2,1H3,(H,14,18)(H,16,17). The highest BCUT2D eigenvalue weighted by Gasteiger charge is 2.13. The van der Waals surface area contributed by atoms with Crippen LogP contribution in [0.3, 0.4) is 0 Å². The highest BCUT2D eigenvalue weighted by Crippen LogP contribution is 2.21. The molecule has 1 unspecified atom stereocenters. The minimum Gasteiger partial charge on any atom is -0.507 e. The molecule has 3 N–H and O–H groups in total. The first-order valence-electron chi connectivity index (χ1n) is 5.38. The number of benzene rings is 1. The summed E-state index contributed by atoms with van der Waals surface area (Å²) in [5.74, 6) is -1.75. The van der Waals surface area contributed by atoms with Gasteiger partial charge in [0.2, 0.25) is 0 Å². The van der Waals surface area contributed by atoms with E-state index in [0.717, 1.165) is 0 Å². The summed E-state index contributed by atoms with van der Waals surface area (Å²) in [6.45, 7) is 1.93. The molecule has 0 aliphatic carbocycles. The molecule has 1 amide bonds. The normalized spacial score (nSPS) is 11.9. The van der Waals surface area contributed by atoms with Crippen molar-refractivity contribution in [3.63, 3.8) is 0 Å². The van der Waals surface area contributed by atoms with Gasteiger partial charge in [-0.25, -0.2) is 0 Å². The number of halogens is 1. The average Bonchev–Trinajstić information content (AvgIpc) is 2.28. The number of hydrogen-bond donors (Lipinski definition) is 3. The van der Waals surface area contributed by atoms with Crippen molar-refractivity contribution in [2.75, 3.05) is 6.54 Å². The number of aromatic hydroxyl groups is 1. The number of phenols is 1. The van der Waals surface area contributed by atoms with Gasteiger partial charge in [0, 0.05) is 18.0 Å². The molecule has 98 valence electrons. The van der Waals surface area contributed by atoms with E-state index in [1.807, 2.05) is 0 Å². The van der Waals surface area contributed by atoms with E-state index < -0.39 is 11.9 Å². The minimum absolute atomic E-state index is 0.0260. The Kier molecular flexibility index (Phi) is 4.97. The molecule has 0 saturated heterocycles. The molecule has 0 aliphatic heterocycles. The molecule has 1 aromatic rings. The van der Waals surface area contributed by atoms with Crippen LogP contribution < -0.4 is 5.32 Å². The number of nitrogens with one attached hydrogen (secondary N) is 1. The zero-order valence-corrected chi connectivity index (χ0v) is 10.6. The average molecular weight is 272 g/mol. The summed E-state index contributed by atoms with van der Waals surface area (Å²) in [5.41, 5.74) is 0.0741. The van der Waals surface area contributed by atoms with Crippen molar-refractivity contribution in [3.8, 4) is 5.75 Å². The molecule has 1 atom stereocenters. The van der Waals surface area contributed by atoms with Gasteiger partial charge in [-0.3, -0.25) is 9.59 Å². The Balaban J connectivity index is 2.60. The van der Waals surface area contributed by atoms with Crippen molar-refractivity contribution < 1.29 is 19.8 Å². The maximum absolute atomic E-state index is 11.7. The van der Waals surface area contributed by atoms with E-state index in [0.29, 0.717) is 5.02 Å². The van der Waals surface area contributed by atoms with Gasteiger partial charge in [-0.05, 0) is 24.1 Å². The predicted molar refractivity (Wildman–Crippen MR) is 66.9 cm³/mol. The summed E-state index contributed by atoms with van der Waals surface area (Å²) in [4.78, 5) is 22.2. The molecule has 0 radical (unpaired) electrons. The van der Waals surface area contributed by atoms with Gasteiger partial charge in [0.15, 0.2) is 0 Å². The number of phenolic OH excluding ortho intramolecular Hbond substituents is 1. The second-order valence-corrected chi connectivity index (χ2v) is 4.51. The van der Waals surface area contributed by atoms with Gasteiger partial charge < -0.3 is 15.5 Å². The number of carboxylic acid groups (broad SMARTS) is 1. The molecule has 0 heterocycles. The third-order valence-corrected chi connectivity index (χ3v) is 2.57. The Bertz CT molecular complexity index is 461. The first-order valence-corrected chi connectivity index (χ1v) is 5.76. The second-order valence-electron chi connectivity index (χ2n) is 4.07. The molecule has 0 spiro atoms. The van der Waals surface area contributed by atoms with E-state index in [1.54, 1.807) is 6.92 Å². The smallest absolute Gasteiger partial charge is 0.303 e. The van der Waals surface area contributed by atoms with E-state index in [-0.39, 0.29) is 30.2 Å². The van der Waals surface area contributed by atoms with E-state index >= 15 is 0 Å². The van der Waals surface area contributed by atoms with Crippen LogP contribution >= 0.6 is 11.6 Å². The molecule has 5 nitrogen and oxygen atoms in total. The fraction of sp³-hybridized carbons (Fsp3) is 0.333. The summed E-state index contributed by atoms with van der Waals surface area (Å²) >= 11 is 5.72. The summed E-state index contributed by atoms with van der Waals surface area (Å²) in [6, 6.07) is 4.16. The number of aliphatic carboxylic acids is 1. The van der Waals surface area contributed by atoms with Crippen LogP contribution in [0.4, 0.5) is 0 Å². The first kappa shape index (κ1) is 14.3. The number of hydrogen-bond acceptors (Lipinski definition) is 3. The third kappa shape index (κ3) is 4.25. The van der Waals surface area contributed by atoms with Crippen LogP contribution in [-0.4, -0.2) is 28.6 Å². The van der Waals surface area contributed by atoms with Crippen LogP contribution in [0.5, 0.6) is 5.75 Å². The predicted octanol–water partition coefficient (Wildman–Crippen LogP) is 1.89. The van der Waals surface area contributed by atoms with E-state index in [1.165, 1.54) is 18.2 Å². The Morgan fingerprint density at radius 1 is 1.44 bits per heavy atom. The van der Waals surface area contributed by atoms with Gasteiger partial charge in [0.1, 0.15) is 5.75 Å². The van der Waals surface area contributed by atoms with Crippen LogP contribution in [0, 0.1) is 5.92 Å². The number of rotatable bonds is 5. The van der Waals surface area contributed by atoms with Gasteiger partial charge in [0.25, 0.3) is 5.91 Å². The van der Waals surface area contributed by atoms with Crippen molar-refractivity contribution in [2.45, 2.75) is 13.3 Å². The molecular formula is C12H14ClNO4. The molecule has 0 aromatic heterocycles. The van der Waals surface area contributed by atoms with E-state index in [2.05, 4.69) is 5.32 Å². The molecule has 0 aliphatic rings. The number of carbonyl (C=O) groups is 2. The van der Waals surface area contributed by atoms with Crippen LogP contribution in [0.25, 0.3) is 0 Å². The maximum Gasteiger partial charge on any atom is 0.303 e. The largest absolute Gasteiger partial charge is 0.507 e. The summed E-state index contributed by atoms with van der Waals surface area (Å²) in [5, 5.41) is 21.0. The van der Waals surface area contributed by atoms with E-state index in [9.17, 15) is 14.7 Å². The molecule has 0 fully saturated rings. The lowest BCUT2D eigenvalue weighted by Crippen LogP contribution is -2.29. The topological polar surface area (TPSA) is 86.6 Å². The number of carboxylic acids is 1.